The Morgan fingerprint density at radius 1 is 1.26 bits per heavy atom. The quantitative estimate of drug-likeness (QED) is 0.520. The zero-order valence-corrected chi connectivity index (χ0v) is 14.1. The van der Waals surface area contributed by atoms with Gasteiger partial charge in [-0.1, -0.05) is 27.5 Å². The molecule has 6 heteroatoms. The van der Waals surface area contributed by atoms with Crippen molar-refractivity contribution in [2.45, 2.75) is 0 Å². The first-order valence-corrected chi connectivity index (χ1v) is 7.54. The Morgan fingerprint density at radius 3 is 2.68 bits per heavy atom. The summed E-state index contributed by atoms with van der Waals surface area (Å²) in [6.07, 6.45) is 0. The Morgan fingerprint density at radius 2 is 2.00 bits per heavy atom. The number of carbonyl (C=O) groups excluding carboxylic acids is 1. The fraction of sp³-hybridized carbons (Fsp3) is 0. The summed E-state index contributed by atoms with van der Waals surface area (Å²) in [6.45, 7) is 0. The van der Waals surface area contributed by atoms with Gasteiger partial charge in [0, 0.05) is 18.8 Å². The number of amides is 1. The molecular formula is C13H9BrClIN2O. The maximum Gasteiger partial charge on any atom is 0.257 e. The molecule has 0 saturated heterocycles. The minimum atomic E-state index is -0.251. The van der Waals surface area contributed by atoms with Crippen LogP contribution in [0.25, 0.3) is 0 Å². The highest BCUT2D eigenvalue weighted by Gasteiger charge is 2.12. The molecule has 0 spiro atoms. The van der Waals surface area contributed by atoms with Crippen LogP contribution in [0.4, 0.5) is 11.4 Å². The normalized spacial score (nSPS) is 10.3. The van der Waals surface area contributed by atoms with Crippen molar-refractivity contribution in [1.82, 2.24) is 0 Å². The van der Waals surface area contributed by atoms with E-state index in [0.717, 1.165) is 8.04 Å². The number of hydrogen-bond donors (Lipinski definition) is 2. The summed E-state index contributed by atoms with van der Waals surface area (Å²) in [7, 11) is 0. The van der Waals surface area contributed by atoms with E-state index in [0.29, 0.717) is 22.0 Å². The first-order valence-electron chi connectivity index (χ1n) is 5.29. The predicted molar refractivity (Wildman–Crippen MR) is 90.7 cm³/mol. The van der Waals surface area contributed by atoms with Crippen LogP contribution in [0, 0.1) is 3.57 Å². The van der Waals surface area contributed by atoms with Crippen molar-refractivity contribution in [1.29, 1.82) is 0 Å². The Hall–Kier alpha value is -0.790. The molecule has 3 N–H and O–H groups in total. The van der Waals surface area contributed by atoms with Crippen molar-refractivity contribution in [3.05, 3.63) is 55.0 Å². The maximum atomic E-state index is 12.2. The van der Waals surface area contributed by atoms with Gasteiger partial charge in [0.25, 0.3) is 5.91 Å². The zero-order valence-electron chi connectivity index (χ0n) is 9.58. The number of nitrogen functional groups attached to an aromatic ring is 1. The van der Waals surface area contributed by atoms with E-state index < -0.39 is 0 Å². The molecule has 3 nitrogen and oxygen atoms in total. The van der Waals surface area contributed by atoms with Crippen LogP contribution in [0.15, 0.2) is 40.9 Å². The molecule has 1 amide bonds. The second-order valence-corrected chi connectivity index (χ2v) is 6.32. The SMILES string of the molecule is Nc1ccc(Br)cc1C(=O)Nc1ccc(Cl)cc1I. The van der Waals surface area contributed by atoms with Gasteiger partial charge in [0.15, 0.2) is 0 Å². The van der Waals surface area contributed by atoms with Crippen molar-refractivity contribution in [3.8, 4) is 0 Å². The van der Waals surface area contributed by atoms with Crippen molar-refractivity contribution < 1.29 is 4.79 Å². The van der Waals surface area contributed by atoms with Crippen LogP contribution in [0.5, 0.6) is 0 Å². The van der Waals surface area contributed by atoms with Crippen LogP contribution in [-0.2, 0) is 0 Å². The molecule has 0 aliphatic rings. The molecule has 0 heterocycles. The maximum absolute atomic E-state index is 12.2. The highest BCUT2D eigenvalue weighted by molar-refractivity contribution is 14.1. The van der Waals surface area contributed by atoms with Gasteiger partial charge < -0.3 is 11.1 Å². The largest absolute Gasteiger partial charge is 0.398 e. The smallest absolute Gasteiger partial charge is 0.257 e. The molecule has 0 fully saturated rings. The van der Waals surface area contributed by atoms with Crippen LogP contribution in [0.2, 0.25) is 5.02 Å². The monoisotopic (exact) mass is 450 g/mol. The molecule has 0 radical (unpaired) electrons. The molecule has 0 atom stereocenters. The fourth-order valence-corrected chi connectivity index (χ4v) is 2.87. The second kappa shape index (κ2) is 6.11. The number of nitrogens with two attached hydrogens (primary N) is 1. The molecule has 0 aliphatic heterocycles. The average Bonchev–Trinajstić information content (AvgIpc) is 2.35. The number of rotatable bonds is 2. The Labute approximate surface area is 137 Å². The lowest BCUT2D eigenvalue weighted by molar-refractivity contribution is 0.102. The van der Waals surface area contributed by atoms with Gasteiger partial charge in [-0.3, -0.25) is 4.79 Å². The van der Waals surface area contributed by atoms with Gasteiger partial charge in [-0.2, -0.15) is 0 Å². The predicted octanol–water partition coefficient (Wildman–Crippen LogP) is 4.54. The van der Waals surface area contributed by atoms with E-state index in [-0.39, 0.29) is 5.91 Å². The third kappa shape index (κ3) is 3.61. The van der Waals surface area contributed by atoms with Crippen LogP contribution < -0.4 is 11.1 Å². The first-order chi connectivity index (χ1) is 8.97. The van der Waals surface area contributed by atoms with E-state index in [4.69, 9.17) is 17.3 Å². The van der Waals surface area contributed by atoms with Gasteiger partial charge in [0.05, 0.1) is 11.3 Å². The Kier molecular flexibility index (Phi) is 4.70. The van der Waals surface area contributed by atoms with Gasteiger partial charge in [0.1, 0.15) is 0 Å². The summed E-state index contributed by atoms with van der Waals surface area (Å²) in [4.78, 5) is 12.2. The molecule has 2 aromatic rings. The molecule has 0 bridgehead atoms. The molecule has 0 unspecified atom stereocenters. The first kappa shape index (κ1) is 14.6. The summed E-state index contributed by atoms with van der Waals surface area (Å²) < 4.78 is 1.67. The van der Waals surface area contributed by atoms with E-state index in [1.165, 1.54) is 0 Å². The summed E-state index contributed by atoms with van der Waals surface area (Å²) >= 11 is 11.3. The molecule has 0 aromatic heterocycles. The van der Waals surface area contributed by atoms with Crippen LogP contribution in [0.1, 0.15) is 10.4 Å². The summed E-state index contributed by atoms with van der Waals surface area (Å²) in [5, 5.41) is 3.44. The van der Waals surface area contributed by atoms with Gasteiger partial charge in [0.2, 0.25) is 0 Å². The van der Waals surface area contributed by atoms with Crippen molar-refractivity contribution in [3.63, 3.8) is 0 Å². The average molecular weight is 451 g/mol. The summed E-state index contributed by atoms with van der Waals surface area (Å²) in [6, 6.07) is 10.4. The highest BCUT2D eigenvalue weighted by atomic mass is 127. The second-order valence-electron chi connectivity index (χ2n) is 3.81. The molecule has 98 valence electrons. The standard InChI is InChI=1S/C13H9BrClIN2O/c14-7-1-3-11(17)9(5-7)13(19)18-12-4-2-8(15)6-10(12)16/h1-6H,17H2,(H,18,19). The lowest BCUT2D eigenvalue weighted by Crippen LogP contribution is -2.14. The van der Waals surface area contributed by atoms with Crippen LogP contribution in [-0.4, -0.2) is 5.91 Å². The van der Waals surface area contributed by atoms with E-state index in [2.05, 4.69) is 43.8 Å². The van der Waals surface area contributed by atoms with E-state index in [1.54, 1.807) is 36.4 Å². The minimum Gasteiger partial charge on any atom is -0.398 e. The molecule has 19 heavy (non-hydrogen) atoms. The van der Waals surface area contributed by atoms with E-state index >= 15 is 0 Å². The molecule has 2 aromatic carbocycles. The van der Waals surface area contributed by atoms with Gasteiger partial charge in [-0.15, -0.1) is 0 Å². The summed E-state index contributed by atoms with van der Waals surface area (Å²) in [5.74, 6) is -0.251. The number of hydrogen-bond acceptors (Lipinski definition) is 2. The van der Waals surface area contributed by atoms with Gasteiger partial charge in [-0.25, -0.2) is 0 Å². The van der Waals surface area contributed by atoms with Crippen LogP contribution >= 0.6 is 50.1 Å². The number of anilines is 2. The fourth-order valence-electron chi connectivity index (χ4n) is 1.51. The number of halogens is 3. The minimum absolute atomic E-state index is 0.251. The van der Waals surface area contributed by atoms with Crippen molar-refractivity contribution in [2.75, 3.05) is 11.1 Å². The van der Waals surface area contributed by atoms with E-state index in [1.807, 2.05) is 0 Å². The third-order valence-corrected chi connectivity index (χ3v) is 4.06. The summed E-state index contributed by atoms with van der Waals surface area (Å²) in [5.41, 5.74) is 7.37. The lowest BCUT2D eigenvalue weighted by Gasteiger charge is -2.09. The van der Waals surface area contributed by atoms with E-state index in [9.17, 15) is 4.79 Å². The molecule has 0 saturated carbocycles. The molecule has 2 rings (SSSR count). The Bertz CT molecular complexity index is 649. The topological polar surface area (TPSA) is 55.1 Å². The lowest BCUT2D eigenvalue weighted by atomic mass is 10.1. The number of nitrogens with one attached hydrogen (secondary N) is 1. The molecular weight excluding hydrogens is 442 g/mol. The third-order valence-electron chi connectivity index (χ3n) is 2.44. The Balaban J connectivity index is 2.28. The van der Waals surface area contributed by atoms with Gasteiger partial charge in [-0.05, 0) is 59.0 Å². The van der Waals surface area contributed by atoms with Crippen molar-refractivity contribution >= 4 is 67.4 Å². The highest BCUT2D eigenvalue weighted by Crippen LogP contribution is 2.24. The number of carbonyl (C=O) groups is 1. The zero-order chi connectivity index (χ0) is 14.0. The number of benzene rings is 2. The van der Waals surface area contributed by atoms with Crippen LogP contribution in [0.3, 0.4) is 0 Å². The van der Waals surface area contributed by atoms with Gasteiger partial charge >= 0.3 is 0 Å². The molecule has 0 aliphatic carbocycles. The van der Waals surface area contributed by atoms with Crippen molar-refractivity contribution in [2.24, 2.45) is 0 Å².